The third kappa shape index (κ3) is 4.42. The minimum atomic E-state index is -1.55. The van der Waals surface area contributed by atoms with Crippen molar-refractivity contribution < 1.29 is 28.9 Å². The summed E-state index contributed by atoms with van der Waals surface area (Å²) < 4.78 is 17.5. The molecule has 0 spiro atoms. The van der Waals surface area contributed by atoms with Crippen LogP contribution in [0, 0.1) is 0 Å². The van der Waals surface area contributed by atoms with Crippen molar-refractivity contribution in [1.82, 2.24) is 0 Å². The third-order valence-corrected chi connectivity index (χ3v) is 4.65. The molecule has 1 radical (unpaired) electrons. The molecule has 0 saturated carbocycles. The molecule has 0 bridgehead atoms. The quantitative estimate of drug-likeness (QED) is 0.505. The predicted molar refractivity (Wildman–Crippen MR) is 107 cm³/mol. The first-order valence-corrected chi connectivity index (χ1v) is 9.03. The Hall–Kier alpha value is -1.42. The number of aliphatic hydroxyl groups excluding tert-OH is 1. The Balaban J connectivity index is 0.00000280. The molecule has 2 unspecified atom stereocenters. The number of fused-ring (bicyclic) bond motifs is 1. The summed E-state index contributed by atoms with van der Waals surface area (Å²) >= 11 is 3.28. The average molecular weight is 460 g/mol. The Morgan fingerprint density at radius 2 is 2.14 bits per heavy atom. The number of allylic oxidation sites excluding steroid dienone is 2. The number of ether oxygens (including phenoxy) is 2. The van der Waals surface area contributed by atoms with Crippen molar-refractivity contribution in [2.24, 2.45) is 0 Å². The molecular formula is C19H17BrNaO7. The van der Waals surface area contributed by atoms with Crippen molar-refractivity contribution in [2.45, 2.75) is 25.2 Å². The van der Waals surface area contributed by atoms with Crippen LogP contribution in [0.4, 0.5) is 0 Å². The molecule has 1 heterocycles. The van der Waals surface area contributed by atoms with E-state index in [1.807, 2.05) is 6.92 Å². The first-order valence-electron chi connectivity index (χ1n) is 8.24. The number of aliphatic hydroxyl groups is 1. The zero-order valence-electron chi connectivity index (χ0n) is 15.3. The van der Waals surface area contributed by atoms with Crippen molar-refractivity contribution in [3.05, 3.63) is 63.0 Å². The van der Waals surface area contributed by atoms with Crippen LogP contribution >= 0.6 is 15.9 Å². The van der Waals surface area contributed by atoms with Gasteiger partial charge in [-0.2, -0.15) is 0 Å². The summed E-state index contributed by atoms with van der Waals surface area (Å²) in [6.45, 7) is 2.22. The zero-order valence-corrected chi connectivity index (χ0v) is 18.9. The van der Waals surface area contributed by atoms with Crippen LogP contribution in [-0.4, -0.2) is 64.2 Å². The molecule has 0 aliphatic heterocycles. The largest absolute Gasteiger partial charge is 0.475 e. The van der Waals surface area contributed by atoms with E-state index in [1.165, 1.54) is 12.1 Å². The van der Waals surface area contributed by atoms with Crippen LogP contribution in [0.25, 0.3) is 11.0 Å². The first kappa shape index (κ1) is 22.9. The fraction of sp³-hybridized carbons (Fsp3) is 0.263. The zero-order chi connectivity index (χ0) is 19.6. The molecule has 1 aliphatic rings. The number of hydrogen-bond donors (Lipinski definition) is 2. The van der Waals surface area contributed by atoms with E-state index < -0.39 is 29.0 Å². The maximum Gasteiger partial charge on any atom is 0.371 e. The van der Waals surface area contributed by atoms with Gasteiger partial charge >= 0.3 is 5.97 Å². The second kappa shape index (κ2) is 9.39. The van der Waals surface area contributed by atoms with Gasteiger partial charge in [0.25, 0.3) is 5.79 Å². The fourth-order valence-electron chi connectivity index (χ4n) is 2.70. The molecule has 7 nitrogen and oxygen atoms in total. The predicted octanol–water partition coefficient (Wildman–Crippen LogP) is 2.82. The van der Waals surface area contributed by atoms with Crippen LogP contribution in [-0.2, 0) is 4.74 Å². The van der Waals surface area contributed by atoms with Crippen molar-refractivity contribution in [3.8, 4) is 5.75 Å². The molecule has 0 amide bonds. The van der Waals surface area contributed by atoms with Gasteiger partial charge in [-0.15, -0.1) is 0 Å². The summed E-state index contributed by atoms with van der Waals surface area (Å²) in [5.41, 5.74) is -0.509. The Bertz CT molecular complexity index is 997. The monoisotopic (exact) mass is 459 g/mol. The van der Waals surface area contributed by atoms with Crippen LogP contribution in [0.2, 0.25) is 0 Å². The van der Waals surface area contributed by atoms with Crippen molar-refractivity contribution in [3.63, 3.8) is 0 Å². The van der Waals surface area contributed by atoms with Crippen LogP contribution < -0.4 is 10.2 Å². The van der Waals surface area contributed by atoms with Gasteiger partial charge in [-0.3, -0.25) is 4.79 Å². The molecule has 3 rings (SSSR count). The minimum Gasteiger partial charge on any atom is -0.475 e. The number of carbonyl (C=O) groups is 1. The summed E-state index contributed by atoms with van der Waals surface area (Å²) in [7, 11) is 0. The number of hydrogen-bond acceptors (Lipinski definition) is 6. The number of carboxylic acids is 1. The van der Waals surface area contributed by atoms with Crippen LogP contribution in [0.15, 0.2) is 56.2 Å². The topological polar surface area (TPSA) is 106 Å². The van der Waals surface area contributed by atoms with Gasteiger partial charge in [0, 0.05) is 40.1 Å². The second-order valence-electron chi connectivity index (χ2n) is 5.89. The molecule has 0 fully saturated rings. The average Bonchev–Trinajstić information content (AvgIpc) is 2.64. The summed E-state index contributed by atoms with van der Waals surface area (Å²) in [4.78, 5) is 23.6. The summed E-state index contributed by atoms with van der Waals surface area (Å²) in [5, 5.41) is 19.8. The van der Waals surface area contributed by atoms with Gasteiger partial charge in [-0.1, -0.05) is 35.0 Å². The molecule has 2 N–H and O–H groups in total. The second-order valence-corrected chi connectivity index (χ2v) is 6.81. The fourth-order valence-corrected chi connectivity index (χ4v) is 3.17. The molecule has 0 saturated heterocycles. The third-order valence-electron chi connectivity index (χ3n) is 3.95. The minimum absolute atomic E-state index is 0. The standard InChI is InChI=1S/C19H17BrO7.Na/c1-2-9-25-19(8-4-5-11(20)17(19)22)27-14-7-3-6-13-16(14)12(21)10-15(26-13)18(23)24;/h3-8,10,17,22H,2,9H2,1H3,(H,23,24);. The molecule has 1 aromatic carbocycles. The molecule has 1 aliphatic carbocycles. The van der Waals surface area contributed by atoms with E-state index in [0.717, 1.165) is 6.07 Å². The van der Waals surface area contributed by atoms with Crippen molar-refractivity contribution in [2.75, 3.05) is 6.61 Å². The van der Waals surface area contributed by atoms with Gasteiger partial charge in [0.15, 0.2) is 11.5 Å². The summed E-state index contributed by atoms with van der Waals surface area (Å²) in [6, 6.07) is 5.45. The van der Waals surface area contributed by atoms with Crippen LogP contribution in [0.5, 0.6) is 5.75 Å². The van der Waals surface area contributed by atoms with Gasteiger partial charge in [-0.05, 0) is 30.7 Å². The SMILES string of the molecule is CCCOC1(Oc2cccc3oc(C(=O)O)cc(=O)c23)C=CC=C(Br)C1O.[Na]. The van der Waals surface area contributed by atoms with E-state index in [2.05, 4.69) is 15.9 Å². The van der Waals surface area contributed by atoms with E-state index >= 15 is 0 Å². The molecular weight excluding hydrogens is 443 g/mol. The normalized spacial score (nSPS) is 21.1. The maximum atomic E-state index is 12.5. The van der Waals surface area contributed by atoms with Crippen LogP contribution in [0.1, 0.15) is 23.9 Å². The Labute approximate surface area is 191 Å². The Kier molecular flexibility index (Phi) is 7.66. The Morgan fingerprint density at radius 3 is 2.82 bits per heavy atom. The van der Waals surface area contributed by atoms with Crippen molar-refractivity contribution >= 4 is 62.4 Å². The molecule has 28 heavy (non-hydrogen) atoms. The molecule has 1 aromatic heterocycles. The maximum absolute atomic E-state index is 12.5. The van der Waals surface area contributed by atoms with Gasteiger partial charge < -0.3 is 24.1 Å². The number of benzene rings is 1. The molecule has 2 atom stereocenters. The van der Waals surface area contributed by atoms with E-state index in [0.29, 0.717) is 17.5 Å². The van der Waals surface area contributed by atoms with Gasteiger partial charge in [0.1, 0.15) is 16.7 Å². The molecule has 9 heteroatoms. The number of aromatic carboxylic acids is 1. The van der Waals surface area contributed by atoms with Crippen molar-refractivity contribution in [1.29, 1.82) is 0 Å². The van der Waals surface area contributed by atoms with Crippen LogP contribution in [0.3, 0.4) is 0 Å². The number of rotatable bonds is 6. The molecule has 2 aromatic rings. The first-order chi connectivity index (χ1) is 12.9. The Morgan fingerprint density at radius 1 is 1.39 bits per heavy atom. The number of halogens is 1. The van der Waals surface area contributed by atoms with E-state index in [9.17, 15) is 14.7 Å². The smallest absolute Gasteiger partial charge is 0.371 e. The van der Waals surface area contributed by atoms with E-state index in [-0.39, 0.29) is 46.3 Å². The van der Waals surface area contributed by atoms with Gasteiger partial charge in [0.2, 0.25) is 5.76 Å². The number of carboxylic acid groups (broad SMARTS) is 1. The van der Waals surface area contributed by atoms with Gasteiger partial charge in [0.05, 0.1) is 6.61 Å². The molecule has 143 valence electrons. The van der Waals surface area contributed by atoms with Gasteiger partial charge in [-0.25, -0.2) is 4.79 Å². The summed E-state index contributed by atoms with van der Waals surface area (Å²) in [5.74, 6) is -3.25. The van der Waals surface area contributed by atoms with E-state index in [1.54, 1.807) is 24.3 Å². The summed E-state index contributed by atoms with van der Waals surface area (Å²) in [6.07, 6.45) is 4.42. The van der Waals surface area contributed by atoms with E-state index in [4.69, 9.17) is 19.0 Å².